The molecule has 3 heteroatoms. The number of nitrogens with one attached hydrogen (secondary N) is 1. The quantitative estimate of drug-likeness (QED) is 0.739. The summed E-state index contributed by atoms with van der Waals surface area (Å²) in [5.74, 6) is 0.803. The van der Waals surface area contributed by atoms with Gasteiger partial charge >= 0.3 is 0 Å². The molecule has 0 aromatic rings. The van der Waals surface area contributed by atoms with Gasteiger partial charge in [0.25, 0.3) is 0 Å². The summed E-state index contributed by atoms with van der Waals surface area (Å²) in [6.45, 7) is 12.0. The highest BCUT2D eigenvalue weighted by Crippen LogP contribution is 2.39. The van der Waals surface area contributed by atoms with E-state index in [1.165, 1.54) is 51.9 Å². The van der Waals surface area contributed by atoms with Gasteiger partial charge in [-0.25, -0.2) is 0 Å². The molecule has 20 heavy (non-hydrogen) atoms. The van der Waals surface area contributed by atoms with Crippen molar-refractivity contribution in [3.63, 3.8) is 0 Å². The normalized spacial score (nSPS) is 26.4. The Labute approximate surface area is 127 Å². The molecule has 0 aromatic heterocycles. The van der Waals surface area contributed by atoms with Gasteiger partial charge in [-0.3, -0.25) is 0 Å². The third kappa shape index (κ3) is 5.34. The number of hydrogen-bond acceptors (Lipinski definition) is 3. The second-order valence-corrected chi connectivity index (χ2v) is 7.51. The van der Waals surface area contributed by atoms with Crippen molar-refractivity contribution in [1.82, 2.24) is 15.1 Å². The van der Waals surface area contributed by atoms with Gasteiger partial charge in [-0.1, -0.05) is 27.2 Å². The summed E-state index contributed by atoms with van der Waals surface area (Å²) < 4.78 is 0. The highest BCUT2D eigenvalue weighted by Gasteiger charge is 2.38. The van der Waals surface area contributed by atoms with Crippen molar-refractivity contribution < 1.29 is 0 Å². The predicted molar refractivity (Wildman–Crippen MR) is 89.3 cm³/mol. The summed E-state index contributed by atoms with van der Waals surface area (Å²) in [5, 5.41) is 3.62. The van der Waals surface area contributed by atoms with Gasteiger partial charge in [0.05, 0.1) is 0 Å². The third-order valence-electron chi connectivity index (χ3n) is 4.92. The molecule has 2 atom stereocenters. The van der Waals surface area contributed by atoms with E-state index in [1.54, 1.807) is 0 Å². The smallest absolute Gasteiger partial charge is 0.0156 e. The van der Waals surface area contributed by atoms with Crippen LogP contribution < -0.4 is 5.32 Å². The SMILES string of the molecule is CCCN(CCN(C)C)CC1CCCC(C)(C)C1NC. The Bertz CT molecular complexity index is 263. The van der Waals surface area contributed by atoms with Crippen LogP contribution in [0, 0.1) is 11.3 Å². The highest BCUT2D eigenvalue weighted by molar-refractivity contribution is 4.93. The molecule has 3 nitrogen and oxygen atoms in total. The van der Waals surface area contributed by atoms with Crippen molar-refractivity contribution in [2.24, 2.45) is 11.3 Å². The zero-order valence-electron chi connectivity index (χ0n) is 14.7. The number of hydrogen-bond donors (Lipinski definition) is 1. The van der Waals surface area contributed by atoms with Crippen molar-refractivity contribution in [2.45, 2.75) is 52.5 Å². The predicted octanol–water partition coefficient (Wildman–Crippen LogP) is 2.67. The lowest BCUT2D eigenvalue weighted by atomic mass is 9.68. The van der Waals surface area contributed by atoms with Crippen LogP contribution in [0.15, 0.2) is 0 Å². The fourth-order valence-electron chi connectivity index (χ4n) is 3.89. The maximum absolute atomic E-state index is 3.62. The molecule has 0 spiro atoms. The third-order valence-corrected chi connectivity index (χ3v) is 4.92. The molecule has 120 valence electrons. The van der Waals surface area contributed by atoms with Gasteiger partial charge < -0.3 is 15.1 Å². The van der Waals surface area contributed by atoms with E-state index in [4.69, 9.17) is 0 Å². The van der Waals surface area contributed by atoms with Crippen LogP contribution in [0.1, 0.15) is 46.5 Å². The molecule has 0 radical (unpaired) electrons. The Kier molecular flexibility index (Phi) is 7.49. The Morgan fingerprint density at radius 1 is 1.15 bits per heavy atom. The van der Waals surface area contributed by atoms with E-state index in [-0.39, 0.29) is 0 Å². The molecule has 1 aliphatic rings. The molecule has 1 saturated carbocycles. The van der Waals surface area contributed by atoms with Crippen molar-refractivity contribution in [2.75, 3.05) is 47.3 Å². The molecule has 2 unspecified atom stereocenters. The summed E-state index contributed by atoms with van der Waals surface area (Å²) in [6, 6.07) is 0.662. The van der Waals surface area contributed by atoms with Crippen molar-refractivity contribution in [3.8, 4) is 0 Å². The summed E-state index contributed by atoms with van der Waals surface area (Å²) in [7, 11) is 6.49. The van der Waals surface area contributed by atoms with Gasteiger partial charge in [-0.15, -0.1) is 0 Å². The van der Waals surface area contributed by atoms with Crippen LogP contribution in [0.25, 0.3) is 0 Å². The second-order valence-electron chi connectivity index (χ2n) is 7.51. The molecule has 0 heterocycles. The minimum Gasteiger partial charge on any atom is -0.316 e. The first kappa shape index (κ1) is 17.9. The Hall–Kier alpha value is -0.120. The maximum atomic E-state index is 3.62. The molecule has 1 N–H and O–H groups in total. The Morgan fingerprint density at radius 2 is 1.85 bits per heavy atom. The fourth-order valence-corrected chi connectivity index (χ4v) is 3.89. The zero-order chi connectivity index (χ0) is 15.2. The van der Waals surface area contributed by atoms with E-state index in [0.717, 1.165) is 5.92 Å². The molecule has 0 amide bonds. The average Bonchev–Trinajstić information content (AvgIpc) is 2.35. The second kappa shape index (κ2) is 8.35. The van der Waals surface area contributed by atoms with E-state index in [2.05, 4.69) is 57.0 Å². The van der Waals surface area contributed by atoms with E-state index in [0.29, 0.717) is 11.5 Å². The van der Waals surface area contributed by atoms with Crippen LogP contribution in [0.4, 0.5) is 0 Å². The van der Waals surface area contributed by atoms with E-state index in [1.807, 2.05) is 0 Å². The fraction of sp³-hybridized carbons (Fsp3) is 1.00. The molecule has 0 saturated heterocycles. The topological polar surface area (TPSA) is 18.5 Å². The summed E-state index contributed by atoms with van der Waals surface area (Å²) >= 11 is 0. The standard InChI is InChI=1S/C17H37N3/c1-7-11-20(13-12-19(5)6)14-15-9-8-10-17(2,3)16(15)18-4/h15-16,18H,7-14H2,1-6H3. The molecule has 0 aromatic carbocycles. The van der Waals surface area contributed by atoms with Crippen LogP contribution in [-0.4, -0.2) is 63.2 Å². The van der Waals surface area contributed by atoms with Crippen LogP contribution in [0.5, 0.6) is 0 Å². The van der Waals surface area contributed by atoms with Crippen LogP contribution >= 0.6 is 0 Å². The van der Waals surface area contributed by atoms with E-state index < -0.39 is 0 Å². The van der Waals surface area contributed by atoms with Gasteiger partial charge in [-0.05, 0) is 58.3 Å². The molecular formula is C17H37N3. The van der Waals surface area contributed by atoms with Crippen molar-refractivity contribution >= 4 is 0 Å². The van der Waals surface area contributed by atoms with Gasteiger partial charge in [0.15, 0.2) is 0 Å². The van der Waals surface area contributed by atoms with Crippen LogP contribution in [-0.2, 0) is 0 Å². The van der Waals surface area contributed by atoms with Gasteiger partial charge in [-0.2, -0.15) is 0 Å². The molecule has 1 rings (SSSR count). The highest BCUT2D eigenvalue weighted by atomic mass is 15.2. The summed E-state index contributed by atoms with van der Waals surface area (Å²) in [5.41, 5.74) is 0.442. The van der Waals surface area contributed by atoms with Crippen molar-refractivity contribution in [3.05, 3.63) is 0 Å². The lowest BCUT2D eigenvalue weighted by molar-refractivity contribution is 0.0812. The summed E-state index contributed by atoms with van der Waals surface area (Å²) in [4.78, 5) is 4.97. The molecule has 0 aliphatic heterocycles. The molecular weight excluding hydrogens is 246 g/mol. The minimum atomic E-state index is 0.442. The van der Waals surface area contributed by atoms with Gasteiger partial charge in [0.1, 0.15) is 0 Å². The van der Waals surface area contributed by atoms with Crippen LogP contribution in [0.3, 0.4) is 0 Å². The van der Waals surface area contributed by atoms with Gasteiger partial charge in [0.2, 0.25) is 0 Å². The monoisotopic (exact) mass is 283 g/mol. The number of likely N-dealkylation sites (N-methyl/N-ethyl adjacent to an activating group) is 1. The zero-order valence-corrected chi connectivity index (χ0v) is 14.7. The first-order valence-electron chi connectivity index (χ1n) is 8.45. The number of nitrogens with zero attached hydrogens (tertiary/aromatic N) is 2. The lowest BCUT2D eigenvalue weighted by Crippen LogP contribution is -2.52. The van der Waals surface area contributed by atoms with E-state index >= 15 is 0 Å². The van der Waals surface area contributed by atoms with Crippen molar-refractivity contribution in [1.29, 1.82) is 0 Å². The minimum absolute atomic E-state index is 0.442. The first-order valence-corrected chi connectivity index (χ1v) is 8.45. The maximum Gasteiger partial charge on any atom is 0.0156 e. The van der Waals surface area contributed by atoms with Gasteiger partial charge in [0, 0.05) is 25.7 Å². The molecule has 0 bridgehead atoms. The molecule has 1 aliphatic carbocycles. The number of rotatable bonds is 8. The Balaban J connectivity index is 2.60. The first-order chi connectivity index (χ1) is 9.40. The largest absolute Gasteiger partial charge is 0.316 e. The average molecular weight is 284 g/mol. The lowest BCUT2D eigenvalue weighted by Gasteiger charge is -2.45. The summed E-state index contributed by atoms with van der Waals surface area (Å²) in [6.07, 6.45) is 5.40. The molecule has 1 fully saturated rings. The Morgan fingerprint density at radius 3 is 2.40 bits per heavy atom. The van der Waals surface area contributed by atoms with Crippen LogP contribution in [0.2, 0.25) is 0 Å². The van der Waals surface area contributed by atoms with E-state index in [9.17, 15) is 0 Å².